The molecule has 68 valence electrons. The van der Waals surface area contributed by atoms with Crippen LogP contribution >= 0.6 is 7.92 Å². The molecule has 4 heteroatoms. The Morgan fingerprint density at radius 1 is 1.55 bits per heavy atom. The lowest BCUT2D eigenvalue weighted by atomic mass is 10.3. The van der Waals surface area contributed by atoms with E-state index >= 15 is 0 Å². The number of carbonyl (C=O) groups is 1. The van der Waals surface area contributed by atoms with Crippen LogP contribution in [0.2, 0.25) is 0 Å². The van der Waals surface area contributed by atoms with Crippen LogP contribution in [0.3, 0.4) is 0 Å². The van der Waals surface area contributed by atoms with Gasteiger partial charge in [-0.3, -0.25) is 4.79 Å². The summed E-state index contributed by atoms with van der Waals surface area (Å²) >= 11 is 0. The zero-order valence-corrected chi connectivity index (χ0v) is 8.56. The van der Waals surface area contributed by atoms with Gasteiger partial charge in [-0.25, -0.2) is 0 Å². The van der Waals surface area contributed by atoms with Crippen molar-refractivity contribution in [1.82, 2.24) is 0 Å². The molecule has 0 aromatic carbocycles. The molecule has 3 N–H and O–H groups in total. The third-order valence-electron chi connectivity index (χ3n) is 0.497. The van der Waals surface area contributed by atoms with E-state index < -0.39 is 5.97 Å². The van der Waals surface area contributed by atoms with E-state index in [2.05, 4.69) is 20.0 Å². The van der Waals surface area contributed by atoms with Crippen molar-refractivity contribution in [2.45, 2.75) is 19.4 Å². The van der Waals surface area contributed by atoms with Crippen LogP contribution in [0.5, 0.6) is 0 Å². The maximum Gasteiger partial charge on any atom is 0.304 e. The van der Waals surface area contributed by atoms with Crippen LogP contribution in [0, 0.1) is 0 Å². The molecule has 3 nitrogen and oxygen atoms in total. The summed E-state index contributed by atoms with van der Waals surface area (Å²) in [6.07, 6.45) is 0.0556. The fraction of sp³-hybridized carbons (Fsp3) is 0.857. The second kappa shape index (κ2) is 7.96. The van der Waals surface area contributed by atoms with E-state index in [1.165, 1.54) is 0 Å². The van der Waals surface area contributed by atoms with E-state index in [0.717, 1.165) is 0 Å². The Morgan fingerprint density at radius 3 is 1.82 bits per heavy atom. The van der Waals surface area contributed by atoms with Crippen LogP contribution in [-0.4, -0.2) is 37.1 Å². The van der Waals surface area contributed by atoms with Crippen LogP contribution in [0.15, 0.2) is 0 Å². The van der Waals surface area contributed by atoms with Crippen molar-refractivity contribution in [1.29, 1.82) is 0 Å². The third kappa shape index (κ3) is 40.9. The Hall–Kier alpha value is -0.140. The molecule has 0 saturated heterocycles. The molecule has 0 bridgehead atoms. The van der Waals surface area contributed by atoms with Gasteiger partial charge >= 0.3 is 5.97 Å². The van der Waals surface area contributed by atoms with E-state index in [0.29, 0.717) is 7.92 Å². The van der Waals surface area contributed by atoms with Crippen LogP contribution in [-0.2, 0) is 4.79 Å². The standard InChI is InChI=1S/C4H9NO2.C3H9P/c1-3(5)2-4(6)7;1-4(2)3/h3H,2,5H2,1H3,(H,6,7);1-3H3. The summed E-state index contributed by atoms with van der Waals surface area (Å²) in [5.74, 6) is -0.838. The van der Waals surface area contributed by atoms with E-state index in [-0.39, 0.29) is 12.5 Å². The molecule has 0 aromatic rings. The molecular formula is C7H18NO2P. The van der Waals surface area contributed by atoms with Gasteiger partial charge in [-0.05, 0) is 26.9 Å². The zero-order chi connectivity index (χ0) is 9.44. The van der Waals surface area contributed by atoms with Crippen molar-refractivity contribution in [3.8, 4) is 0 Å². The van der Waals surface area contributed by atoms with Gasteiger partial charge in [0.05, 0.1) is 6.42 Å². The van der Waals surface area contributed by atoms with Gasteiger partial charge in [0, 0.05) is 6.04 Å². The average molecular weight is 179 g/mol. The van der Waals surface area contributed by atoms with Crippen LogP contribution in [0.4, 0.5) is 0 Å². The number of carboxylic acids is 1. The van der Waals surface area contributed by atoms with Crippen molar-refractivity contribution in [2.24, 2.45) is 5.73 Å². The molecule has 0 radical (unpaired) electrons. The lowest BCUT2D eigenvalue weighted by molar-refractivity contribution is -0.137. The van der Waals surface area contributed by atoms with Crippen molar-refractivity contribution in [3.05, 3.63) is 0 Å². The Labute approximate surface area is 69.7 Å². The lowest BCUT2D eigenvalue weighted by Crippen LogP contribution is -2.18. The van der Waals surface area contributed by atoms with E-state index in [1.807, 2.05) is 0 Å². The van der Waals surface area contributed by atoms with Gasteiger partial charge in [-0.15, -0.1) is 7.92 Å². The first kappa shape index (κ1) is 13.4. The van der Waals surface area contributed by atoms with E-state index in [9.17, 15) is 4.79 Å². The summed E-state index contributed by atoms with van der Waals surface area (Å²) in [5, 5.41) is 8.00. The molecule has 0 aliphatic heterocycles. The second-order valence-corrected chi connectivity index (χ2v) is 5.60. The number of rotatable bonds is 2. The molecule has 0 rings (SSSR count). The Balaban J connectivity index is 0. The molecular weight excluding hydrogens is 161 g/mol. The second-order valence-electron chi connectivity index (χ2n) is 2.92. The molecule has 1 atom stereocenters. The van der Waals surface area contributed by atoms with E-state index in [1.54, 1.807) is 6.92 Å². The van der Waals surface area contributed by atoms with Crippen molar-refractivity contribution >= 4 is 13.9 Å². The number of hydrogen-bond donors (Lipinski definition) is 2. The first-order valence-corrected chi connectivity index (χ1v) is 6.13. The predicted molar refractivity (Wildman–Crippen MR) is 50.6 cm³/mol. The highest BCUT2D eigenvalue weighted by Crippen LogP contribution is 2.14. The Morgan fingerprint density at radius 2 is 1.82 bits per heavy atom. The highest BCUT2D eigenvalue weighted by Gasteiger charge is 1.98. The lowest BCUT2D eigenvalue weighted by Gasteiger charge is -1.95. The number of aliphatic carboxylic acids is 1. The molecule has 0 saturated carbocycles. The average Bonchev–Trinajstić information content (AvgIpc) is 1.56. The van der Waals surface area contributed by atoms with E-state index in [4.69, 9.17) is 10.8 Å². The van der Waals surface area contributed by atoms with Gasteiger partial charge in [-0.1, -0.05) is 0 Å². The van der Waals surface area contributed by atoms with Crippen LogP contribution in [0.1, 0.15) is 13.3 Å². The summed E-state index contributed by atoms with van der Waals surface area (Å²) < 4.78 is 0. The quantitative estimate of drug-likeness (QED) is 0.625. The SMILES string of the molecule is CC(N)CC(=O)O.CP(C)C. The molecule has 0 aliphatic rings. The van der Waals surface area contributed by atoms with Crippen molar-refractivity contribution < 1.29 is 9.90 Å². The fourth-order valence-corrected chi connectivity index (χ4v) is 0.275. The maximum absolute atomic E-state index is 9.73. The smallest absolute Gasteiger partial charge is 0.304 e. The highest BCUT2D eigenvalue weighted by atomic mass is 31.1. The summed E-state index contributed by atoms with van der Waals surface area (Å²) in [4.78, 5) is 9.73. The van der Waals surface area contributed by atoms with Gasteiger partial charge in [0.2, 0.25) is 0 Å². The van der Waals surface area contributed by atoms with Crippen LogP contribution < -0.4 is 5.73 Å². The summed E-state index contributed by atoms with van der Waals surface area (Å²) in [6.45, 7) is 8.36. The number of nitrogens with two attached hydrogens (primary N) is 1. The molecule has 0 heterocycles. The van der Waals surface area contributed by atoms with Crippen LogP contribution in [0.25, 0.3) is 0 Å². The minimum atomic E-state index is -0.838. The first-order chi connectivity index (χ1) is 4.86. The van der Waals surface area contributed by atoms with Gasteiger partial charge in [0.15, 0.2) is 0 Å². The molecule has 0 amide bonds. The molecule has 1 unspecified atom stereocenters. The summed E-state index contributed by atoms with van der Waals surface area (Å²) in [6, 6.07) is -0.225. The maximum atomic E-state index is 9.73. The molecule has 0 fully saturated rings. The summed E-state index contributed by atoms with van der Waals surface area (Å²) in [7, 11) is 0.380. The number of hydrogen-bond acceptors (Lipinski definition) is 2. The molecule has 0 spiro atoms. The predicted octanol–water partition coefficient (Wildman–Crippen LogP) is 1.17. The van der Waals surface area contributed by atoms with Gasteiger partial charge in [0.1, 0.15) is 0 Å². The first-order valence-electron chi connectivity index (χ1n) is 3.44. The Bertz CT molecular complexity index is 102. The third-order valence-corrected chi connectivity index (χ3v) is 0.497. The molecule has 11 heavy (non-hydrogen) atoms. The van der Waals surface area contributed by atoms with Crippen molar-refractivity contribution in [3.63, 3.8) is 0 Å². The Kier molecular flexibility index (Phi) is 9.73. The topological polar surface area (TPSA) is 63.3 Å². The highest BCUT2D eigenvalue weighted by molar-refractivity contribution is 7.55. The minimum Gasteiger partial charge on any atom is -0.481 e. The van der Waals surface area contributed by atoms with Crippen molar-refractivity contribution in [2.75, 3.05) is 20.0 Å². The summed E-state index contributed by atoms with van der Waals surface area (Å²) in [5.41, 5.74) is 5.11. The van der Waals surface area contributed by atoms with Gasteiger partial charge in [0.25, 0.3) is 0 Å². The molecule has 0 aliphatic carbocycles. The normalized spacial score (nSPS) is 11.8. The zero-order valence-electron chi connectivity index (χ0n) is 7.66. The monoisotopic (exact) mass is 179 g/mol. The largest absolute Gasteiger partial charge is 0.481 e. The van der Waals surface area contributed by atoms with Gasteiger partial charge in [-0.2, -0.15) is 0 Å². The molecule has 0 aromatic heterocycles. The van der Waals surface area contributed by atoms with Gasteiger partial charge < -0.3 is 10.8 Å². The number of carboxylic acid groups (broad SMARTS) is 1. The fourth-order valence-electron chi connectivity index (χ4n) is 0.275. The minimum absolute atomic E-state index is 0.0556.